The monoisotopic (exact) mass is 359 g/mol. The second-order valence-electron chi connectivity index (χ2n) is 4.30. The zero-order valence-corrected chi connectivity index (χ0v) is 13.8. The van der Waals surface area contributed by atoms with E-state index in [-0.39, 0.29) is 6.04 Å². The van der Waals surface area contributed by atoms with Crippen molar-refractivity contribution in [2.75, 3.05) is 11.6 Å². The molecule has 1 aromatic heterocycles. The molecule has 0 bridgehead atoms. The highest BCUT2D eigenvalue weighted by Gasteiger charge is 2.09. The van der Waals surface area contributed by atoms with Crippen molar-refractivity contribution in [3.8, 4) is 0 Å². The lowest BCUT2D eigenvalue weighted by Gasteiger charge is -2.13. The van der Waals surface area contributed by atoms with Gasteiger partial charge in [-0.05, 0) is 59.3 Å². The SMILES string of the molecule is CC(Nc1ccc(S(C)(=O)=O)cc1)c1ccc(Br)s1. The van der Waals surface area contributed by atoms with E-state index in [0.717, 1.165) is 9.47 Å². The minimum Gasteiger partial charge on any atom is -0.378 e. The highest BCUT2D eigenvalue weighted by molar-refractivity contribution is 9.11. The number of nitrogens with one attached hydrogen (secondary N) is 1. The van der Waals surface area contributed by atoms with E-state index in [0.29, 0.717) is 4.90 Å². The van der Waals surface area contributed by atoms with Gasteiger partial charge in [-0.2, -0.15) is 0 Å². The van der Waals surface area contributed by atoms with Crippen LogP contribution in [0.3, 0.4) is 0 Å². The van der Waals surface area contributed by atoms with E-state index < -0.39 is 9.84 Å². The Labute approximate surface area is 125 Å². The summed E-state index contributed by atoms with van der Waals surface area (Å²) in [6.07, 6.45) is 1.21. The number of hydrogen-bond acceptors (Lipinski definition) is 4. The molecule has 102 valence electrons. The Morgan fingerprint density at radius 3 is 2.26 bits per heavy atom. The third-order valence-electron chi connectivity index (χ3n) is 2.69. The summed E-state index contributed by atoms with van der Waals surface area (Å²) in [6.45, 7) is 2.07. The van der Waals surface area contributed by atoms with E-state index in [1.54, 1.807) is 35.6 Å². The number of anilines is 1. The van der Waals surface area contributed by atoms with Crippen LogP contribution in [0.25, 0.3) is 0 Å². The number of halogens is 1. The van der Waals surface area contributed by atoms with E-state index in [1.165, 1.54) is 11.1 Å². The first kappa shape index (κ1) is 14.6. The minimum atomic E-state index is -3.13. The summed E-state index contributed by atoms with van der Waals surface area (Å²) in [5.74, 6) is 0. The van der Waals surface area contributed by atoms with Gasteiger partial charge in [0.05, 0.1) is 14.7 Å². The molecule has 1 atom stereocenters. The fourth-order valence-electron chi connectivity index (χ4n) is 1.68. The van der Waals surface area contributed by atoms with Crippen molar-refractivity contribution in [3.05, 3.63) is 45.1 Å². The van der Waals surface area contributed by atoms with Gasteiger partial charge in [-0.1, -0.05) is 0 Å². The first-order valence-corrected chi connectivity index (χ1v) is 9.18. The van der Waals surface area contributed by atoms with Gasteiger partial charge in [-0.15, -0.1) is 11.3 Å². The molecular formula is C13H14BrNO2S2. The molecule has 0 spiro atoms. The summed E-state index contributed by atoms with van der Waals surface area (Å²) in [4.78, 5) is 1.56. The van der Waals surface area contributed by atoms with Crippen molar-refractivity contribution in [2.24, 2.45) is 0 Å². The van der Waals surface area contributed by atoms with E-state index in [9.17, 15) is 8.42 Å². The summed E-state index contributed by atoms with van der Waals surface area (Å²) in [5, 5.41) is 3.34. The highest BCUT2D eigenvalue weighted by atomic mass is 79.9. The van der Waals surface area contributed by atoms with Crippen LogP contribution in [0.1, 0.15) is 17.8 Å². The maximum atomic E-state index is 11.4. The van der Waals surface area contributed by atoms with Crippen LogP contribution in [0, 0.1) is 0 Å². The molecule has 0 amide bonds. The van der Waals surface area contributed by atoms with Crippen LogP contribution in [0.2, 0.25) is 0 Å². The zero-order valence-electron chi connectivity index (χ0n) is 10.6. The molecule has 3 nitrogen and oxygen atoms in total. The van der Waals surface area contributed by atoms with Gasteiger partial charge >= 0.3 is 0 Å². The maximum Gasteiger partial charge on any atom is 0.175 e. The van der Waals surface area contributed by atoms with Gasteiger partial charge in [0.15, 0.2) is 9.84 Å². The zero-order chi connectivity index (χ0) is 14.0. The molecule has 19 heavy (non-hydrogen) atoms. The Morgan fingerprint density at radius 1 is 1.16 bits per heavy atom. The molecule has 1 heterocycles. The molecule has 6 heteroatoms. The number of sulfone groups is 1. The van der Waals surface area contributed by atoms with Crippen molar-refractivity contribution >= 4 is 42.8 Å². The lowest BCUT2D eigenvalue weighted by atomic mass is 10.2. The molecule has 1 aromatic carbocycles. The topological polar surface area (TPSA) is 46.2 Å². The van der Waals surface area contributed by atoms with Gasteiger partial charge in [0.1, 0.15) is 0 Å². The fraction of sp³-hybridized carbons (Fsp3) is 0.231. The smallest absolute Gasteiger partial charge is 0.175 e. The summed E-state index contributed by atoms with van der Waals surface area (Å²) < 4.78 is 23.8. The van der Waals surface area contributed by atoms with E-state index in [2.05, 4.69) is 34.2 Å². The van der Waals surface area contributed by atoms with Crippen molar-refractivity contribution < 1.29 is 8.42 Å². The summed E-state index contributed by atoms with van der Waals surface area (Å²) in [6, 6.07) is 11.1. The van der Waals surface area contributed by atoms with Crippen LogP contribution in [0.5, 0.6) is 0 Å². The first-order chi connectivity index (χ1) is 8.86. The van der Waals surface area contributed by atoms with Crippen molar-refractivity contribution in [1.29, 1.82) is 0 Å². The molecule has 0 saturated heterocycles. The average Bonchev–Trinajstić information content (AvgIpc) is 2.75. The predicted molar refractivity (Wildman–Crippen MR) is 83.6 cm³/mol. The van der Waals surface area contributed by atoms with E-state index in [4.69, 9.17) is 0 Å². The Kier molecular flexibility index (Phi) is 4.32. The summed E-state index contributed by atoms with van der Waals surface area (Å²) in [7, 11) is -3.13. The number of thiophene rings is 1. The van der Waals surface area contributed by atoms with Crippen molar-refractivity contribution in [2.45, 2.75) is 17.9 Å². The van der Waals surface area contributed by atoms with Gasteiger partial charge in [0.25, 0.3) is 0 Å². The predicted octanol–water partition coefficient (Wildman–Crippen LogP) is 4.09. The van der Waals surface area contributed by atoms with Crippen LogP contribution in [0.4, 0.5) is 5.69 Å². The molecule has 1 N–H and O–H groups in total. The number of rotatable bonds is 4. The molecule has 0 radical (unpaired) electrons. The van der Waals surface area contributed by atoms with Gasteiger partial charge in [0, 0.05) is 16.8 Å². The molecule has 0 saturated carbocycles. The Balaban J connectivity index is 2.12. The molecule has 0 fully saturated rings. The Hall–Kier alpha value is -0.850. The van der Waals surface area contributed by atoms with Gasteiger partial charge < -0.3 is 5.32 Å². The molecule has 2 rings (SSSR count). The lowest BCUT2D eigenvalue weighted by Crippen LogP contribution is -2.05. The van der Waals surface area contributed by atoms with E-state index in [1.807, 2.05) is 6.07 Å². The largest absolute Gasteiger partial charge is 0.378 e. The van der Waals surface area contributed by atoms with Crippen LogP contribution in [-0.4, -0.2) is 14.7 Å². The molecule has 1 unspecified atom stereocenters. The third-order valence-corrected chi connectivity index (χ3v) is 5.62. The fourth-order valence-corrected chi connectivity index (χ4v) is 3.74. The normalized spacial score (nSPS) is 13.2. The number of hydrogen-bond donors (Lipinski definition) is 1. The van der Waals surface area contributed by atoms with Crippen LogP contribution in [0.15, 0.2) is 45.1 Å². The van der Waals surface area contributed by atoms with Crippen molar-refractivity contribution in [3.63, 3.8) is 0 Å². The van der Waals surface area contributed by atoms with E-state index >= 15 is 0 Å². The maximum absolute atomic E-state index is 11.4. The molecular weight excluding hydrogens is 346 g/mol. The van der Waals surface area contributed by atoms with Crippen LogP contribution in [-0.2, 0) is 9.84 Å². The second kappa shape index (κ2) is 5.64. The summed E-state index contributed by atoms with van der Waals surface area (Å²) >= 11 is 5.12. The lowest BCUT2D eigenvalue weighted by molar-refractivity contribution is 0.602. The van der Waals surface area contributed by atoms with Crippen LogP contribution >= 0.6 is 27.3 Å². The summed E-state index contributed by atoms with van der Waals surface area (Å²) in [5.41, 5.74) is 0.907. The van der Waals surface area contributed by atoms with Gasteiger partial charge in [-0.3, -0.25) is 0 Å². The molecule has 0 aliphatic rings. The number of benzene rings is 1. The second-order valence-corrected chi connectivity index (χ2v) is 8.81. The molecule has 0 aliphatic carbocycles. The molecule has 0 aliphatic heterocycles. The average molecular weight is 360 g/mol. The van der Waals surface area contributed by atoms with Crippen LogP contribution < -0.4 is 5.32 Å². The molecule has 2 aromatic rings. The Morgan fingerprint density at radius 2 is 1.79 bits per heavy atom. The van der Waals surface area contributed by atoms with Crippen molar-refractivity contribution in [1.82, 2.24) is 0 Å². The quantitative estimate of drug-likeness (QED) is 0.893. The van der Waals surface area contributed by atoms with Gasteiger partial charge in [0.2, 0.25) is 0 Å². The minimum absolute atomic E-state index is 0.181. The standard InChI is InChI=1S/C13H14BrNO2S2/c1-9(12-7-8-13(14)18-12)15-10-3-5-11(6-4-10)19(2,16)17/h3-9,15H,1-2H3. The first-order valence-electron chi connectivity index (χ1n) is 5.68. The Bertz CT molecular complexity index is 662. The van der Waals surface area contributed by atoms with Gasteiger partial charge in [-0.25, -0.2) is 8.42 Å². The highest BCUT2D eigenvalue weighted by Crippen LogP contribution is 2.29. The third kappa shape index (κ3) is 3.81.